The average Bonchev–Trinajstić information content (AvgIpc) is 2.29. The molecule has 80 valence electrons. The highest BCUT2D eigenvalue weighted by atomic mass is 16.5. The molecule has 0 saturated heterocycles. The van der Waals surface area contributed by atoms with E-state index in [4.69, 9.17) is 15.7 Å². The van der Waals surface area contributed by atoms with Gasteiger partial charge in [-0.05, 0) is 12.1 Å². The summed E-state index contributed by atoms with van der Waals surface area (Å²) in [6.07, 6.45) is 1.61. The largest absolute Gasteiger partial charge is 0.383 e. The van der Waals surface area contributed by atoms with E-state index in [0.29, 0.717) is 18.8 Å². The number of nitrogens with one attached hydrogen (secondary N) is 1. The fraction of sp³-hybridized carbons (Fsp3) is 0.400. The molecule has 0 aliphatic carbocycles. The van der Waals surface area contributed by atoms with Crippen molar-refractivity contribution in [2.75, 3.05) is 25.6 Å². The van der Waals surface area contributed by atoms with E-state index in [2.05, 4.69) is 10.3 Å². The molecule has 15 heavy (non-hydrogen) atoms. The van der Waals surface area contributed by atoms with Gasteiger partial charge in [-0.25, -0.2) is 4.98 Å². The smallest absolute Gasteiger partial charge is 0.140 e. The van der Waals surface area contributed by atoms with Crippen LogP contribution in [-0.2, 0) is 4.74 Å². The number of hydrogen-bond donors (Lipinski definition) is 2. The summed E-state index contributed by atoms with van der Waals surface area (Å²) in [6, 6.07) is 5.47. The lowest BCUT2D eigenvalue weighted by atomic mass is 10.3. The number of nitriles is 1. The third-order valence-corrected chi connectivity index (χ3v) is 1.90. The lowest BCUT2D eigenvalue weighted by Gasteiger charge is -2.16. The molecule has 0 aliphatic heterocycles. The quantitative estimate of drug-likeness (QED) is 0.725. The zero-order valence-corrected chi connectivity index (χ0v) is 8.60. The molecule has 0 bridgehead atoms. The second-order valence-electron chi connectivity index (χ2n) is 3.08. The monoisotopic (exact) mass is 206 g/mol. The van der Waals surface area contributed by atoms with Gasteiger partial charge < -0.3 is 15.8 Å². The maximum Gasteiger partial charge on any atom is 0.140 e. The van der Waals surface area contributed by atoms with E-state index in [1.807, 2.05) is 6.07 Å². The molecule has 5 heteroatoms. The van der Waals surface area contributed by atoms with Crippen molar-refractivity contribution in [2.24, 2.45) is 5.73 Å². The van der Waals surface area contributed by atoms with Crippen molar-refractivity contribution in [3.8, 4) is 6.07 Å². The van der Waals surface area contributed by atoms with Crippen molar-refractivity contribution in [1.29, 1.82) is 5.26 Å². The zero-order valence-electron chi connectivity index (χ0n) is 8.60. The highest BCUT2D eigenvalue weighted by Gasteiger charge is 2.05. The molecule has 1 unspecified atom stereocenters. The van der Waals surface area contributed by atoms with Gasteiger partial charge in [-0.2, -0.15) is 5.26 Å². The number of ether oxygens (including phenoxy) is 1. The summed E-state index contributed by atoms with van der Waals surface area (Å²) in [5.74, 6) is 0. The third kappa shape index (κ3) is 3.54. The first-order chi connectivity index (χ1) is 7.30. The van der Waals surface area contributed by atoms with E-state index in [0.717, 1.165) is 5.69 Å². The molecule has 1 aromatic rings. The standard InChI is InChI=1S/C10H14N4O/c1-15-7-10(5-12)14-9-3-2-8(4-11)13-6-9/h2-3,6,10,14H,5,7,12H2,1H3. The average molecular weight is 206 g/mol. The Labute approximate surface area is 88.9 Å². The second kappa shape index (κ2) is 5.96. The Hall–Kier alpha value is -1.64. The molecule has 0 aliphatic rings. The summed E-state index contributed by atoms with van der Waals surface area (Å²) < 4.78 is 5.00. The molecule has 0 aromatic carbocycles. The van der Waals surface area contributed by atoms with Crippen LogP contribution in [0.4, 0.5) is 5.69 Å². The van der Waals surface area contributed by atoms with Crippen LogP contribution in [0.25, 0.3) is 0 Å². The van der Waals surface area contributed by atoms with Crippen LogP contribution < -0.4 is 11.1 Å². The summed E-state index contributed by atoms with van der Waals surface area (Å²) in [5.41, 5.74) is 6.78. The molecule has 1 aromatic heterocycles. The molecule has 0 spiro atoms. The Kier molecular flexibility index (Phi) is 4.54. The van der Waals surface area contributed by atoms with E-state index in [1.54, 1.807) is 25.4 Å². The number of aromatic nitrogens is 1. The van der Waals surface area contributed by atoms with Gasteiger partial charge in [-0.3, -0.25) is 0 Å². The highest BCUT2D eigenvalue weighted by molar-refractivity contribution is 5.43. The Balaban J connectivity index is 2.59. The maximum atomic E-state index is 8.57. The predicted molar refractivity (Wildman–Crippen MR) is 57.3 cm³/mol. The van der Waals surface area contributed by atoms with E-state index in [9.17, 15) is 0 Å². The zero-order chi connectivity index (χ0) is 11.1. The van der Waals surface area contributed by atoms with Gasteiger partial charge in [0.25, 0.3) is 0 Å². The first-order valence-electron chi connectivity index (χ1n) is 4.62. The predicted octanol–water partition coefficient (Wildman–Crippen LogP) is 0.339. The van der Waals surface area contributed by atoms with Gasteiger partial charge in [0.05, 0.1) is 24.5 Å². The van der Waals surface area contributed by atoms with E-state index >= 15 is 0 Å². The fourth-order valence-electron chi connectivity index (χ4n) is 1.15. The number of nitrogens with zero attached hydrogens (tertiary/aromatic N) is 2. The van der Waals surface area contributed by atoms with Crippen LogP contribution in [0, 0.1) is 11.3 Å². The minimum atomic E-state index is 0.0599. The van der Waals surface area contributed by atoms with E-state index in [-0.39, 0.29) is 6.04 Å². The Morgan fingerprint density at radius 3 is 2.93 bits per heavy atom. The second-order valence-corrected chi connectivity index (χ2v) is 3.08. The van der Waals surface area contributed by atoms with Gasteiger partial charge in [0, 0.05) is 13.7 Å². The Morgan fingerprint density at radius 2 is 2.47 bits per heavy atom. The van der Waals surface area contributed by atoms with Crippen LogP contribution in [0.2, 0.25) is 0 Å². The first kappa shape index (κ1) is 11.4. The molecule has 0 amide bonds. The SMILES string of the molecule is COCC(CN)Nc1ccc(C#N)nc1. The molecule has 1 atom stereocenters. The van der Waals surface area contributed by atoms with E-state index < -0.39 is 0 Å². The molecular weight excluding hydrogens is 192 g/mol. The summed E-state index contributed by atoms with van der Waals surface area (Å²) in [4.78, 5) is 3.94. The van der Waals surface area contributed by atoms with Crippen LogP contribution in [-0.4, -0.2) is 31.3 Å². The molecule has 0 saturated carbocycles. The van der Waals surface area contributed by atoms with E-state index in [1.165, 1.54) is 0 Å². The number of anilines is 1. The number of nitrogens with two attached hydrogens (primary N) is 1. The molecule has 5 nitrogen and oxygen atoms in total. The van der Waals surface area contributed by atoms with Crippen LogP contribution >= 0.6 is 0 Å². The van der Waals surface area contributed by atoms with Crippen molar-refractivity contribution >= 4 is 5.69 Å². The van der Waals surface area contributed by atoms with Crippen molar-refractivity contribution in [3.05, 3.63) is 24.0 Å². The molecule has 0 radical (unpaired) electrons. The minimum absolute atomic E-state index is 0.0599. The van der Waals surface area contributed by atoms with Crippen molar-refractivity contribution in [1.82, 2.24) is 4.98 Å². The van der Waals surface area contributed by atoms with Gasteiger partial charge in [0.15, 0.2) is 0 Å². The van der Waals surface area contributed by atoms with Crippen LogP contribution in [0.3, 0.4) is 0 Å². The van der Waals surface area contributed by atoms with Gasteiger partial charge >= 0.3 is 0 Å². The van der Waals surface area contributed by atoms with Gasteiger partial charge in [0.1, 0.15) is 11.8 Å². The minimum Gasteiger partial charge on any atom is -0.383 e. The summed E-state index contributed by atoms with van der Waals surface area (Å²) in [5, 5.41) is 11.7. The topological polar surface area (TPSA) is 84.0 Å². The first-order valence-corrected chi connectivity index (χ1v) is 4.62. The Bertz CT molecular complexity index is 330. The molecular formula is C10H14N4O. The van der Waals surface area contributed by atoms with Gasteiger partial charge in [-0.1, -0.05) is 0 Å². The van der Waals surface area contributed by atoms with Crippen LogP contribution in [0.5, 0.6) is 0 Å². The van der Waals surface area contributed by atoms with Crippen molar-refractivity contribution in [3.63, 3.8) is 0 Å². The Morgan fingerprint density at radius 1 is 1.67 bits per heavy atom. The summed E-state index contributed by atoms with van der Waals surface area (Å²) in [6.45, 7) is 1.02. The molecule has 1 heterocycles. The van der Waals surface area contributed by atoms with Gasteiger partial charge in [0.2, 0.25) is 0 Å². The number of pyridine rings is 1. The summed E-state index contributed by atoms with van der Waals surface area (Å²) >= 11 is 0. The highest BCUT2D eigenvalue weighted by Crippen LogP contribution is 2.07. The third-order valence-electron chi connectivity index (χ3n) is 1.90. The number of methoxy groups -OCH3 is 1. The summed E-state index contributed by atoms with van der Waals surface area (Å²) in [7, 11) is 1.63. The lowest BCUT2D eigenvalue weighted by Crippen LogP contribution is -2.33. The molecule has 3 N–H and O–H groups in total. The van der Waals surface area contributed by atoms with Crippen LogP contribution in [0.15, 0.2) is 18.3 Å². The van der Waals surface area contributed by atoms with Crippen LogP contribution in [0.1, 0.15) is 5.69 Å². The van der Waals surface area contributed by atoms with Crippen molar-refractivity contribution in [2.45, 2.75) is 6.04 Å². The maximum absolute atomic E-state index is 8.57. The van der Waals surface area contributed by atoms with Gasteiger partial charge in [-0.15, -0.1) is 0 Å². The number of rotatable bonds is 5. The van der Waals surface area contributed by atoms with Crippen molar-refractivity contribution < 1.29 is 4.74 Å². The number of hydrogen-bond acceptors (Lipinski definition) is 5. The fourth-order valence-corrected chi connectivity index (χ4v) is 1.15. The lowest BCUT2D eigenvalue weighted by molar-refractivity contribution is 0.187. The molecule has 1 rings (SSSR count). The molecule has 0 fully saturated rings. The normalized spacial score (nSPS) is 11.8.